The van der Waals surface area contributed by atoms with Crippen LogP contribution in [-0.4, -0.2) is 35.1 Å². The van der Waals surface area contributed by atoms with Gasteiger partial charge in [-0.25, -0.2) is 4.79 Å². The van der Waals surface area contributed by atoms with Gasteiger partial charge in [-0.1, -0.05) is 41.4 Å². The van der Waals surface area contributed by atoms with E-state index in [2.05, 4.69) is 4.98 Å². The molecule has 0 aliphatic carbocycles. The summed E-state index contributed by atoms with van der Waals surface area (Å²) in [4.78, 5) is 28.8. The fourth-order valence-electron chi connectivity index (χ4n) is 1.95. The third-order valence-electron chi connectivity index (χ3n) is 3.05. The number of aromatic amines is 1. The molecule has 0 aliphatic heterocycles. The number of H-pyrrole nitrogens is 1. The van der Waals surface area contributed by atoms with E-state index in [1.807, 2.05) is 19.0 Å². The summed E-state index contributed by atoms with van der Waals surface area (Å²) in [6.07, 6.45) is 0. The third kappa shape index (κ3) is 3.37. The molecule has 0 atom stereocenters. The fraction of sp³-hybridized carbons (Fsp3) is 0.286. The lowest BCUT2D eigenvalue weighted by atomic mass is 10.1. The fourth-order valence-corrected chi connectivity index (χ4v) is 2.44. The highest BCUT2D eigenvalue weighted by Crippen LogP contribution is 2.28. The van der Waals surface area contributed by atoms with Crippen LogP contribution in [0.3, 0.4) is 0 Å². The lowest BCUT2D eigenvalue weighted by Crippen LogP contribution is -2.38. The van der Waals surface area contributed by atoms with Crippen LogP contribution in [0, 0.1) is 0 Å². The SMILES string of the molecule is CN(C)CCn1c(=O)[nH]c(Cl)c(-c2ccccc2Cl)c1=O. The zero-order chi connectivity index (χ0) is 15.6. The Morgan fingerprint density at radius 1 is 1.19 bits per heavy atom. The highest BCUT2D eigenvalue weighted by atomic mass is 35.5. The van der Waals surface area contributed by atoms with Gasteiger partial charge in [0.05, 0.1) is 5.56 Å². The minimum Gasteiger partial charge on any atom is -0.308 e. The summed E-state index contributed by atoms with van der Waals surface area (Å²) in [5, 5.41) is 0.405. The van der Waals surface area contributed by atoms with Crippen molar-refractivity contribution in [3.8, 4) is 11.1 Å². The Labute approximate surface area is 131 Å². The number of hydrogen-bond acceptors (Lipinski definition) is 3. The van der Waals surface area contributed by atoms with Crippen LogP contribution in [0.25, 0.3) is 11.1 Å². The van der Waals surface area contributed by atoms with E-state index in [4.69, 9.17) is 23.2 Å². The maximum atomic E-state index is 12.6. The molecule has 0 saturated carbocycles. The van der Waals surface area contributed by atoms with Gasteiger partial charge in [0.2, 0.25) is 0 Å². The molecule has 21 heavy (non-hydrogen) atoms. The molecule has 112 valence electrons. The Morgan fingerprint density at radius 3 is 2.48 bits per heavy atom. The number of nitrogens with one attached hydrogen (secondary N) is 1. The molecule has 1 N–H and O–H groups in total. The van der Waals surface area contributed by atoms with Gasteiger partial charge in [-0.05, 0) is 20.2 Å². The number of halogens is 2. The summed E-state index contributed by atoms with van der Waals surface area (Å²) < 4.78 is 1.13. The number of benzene rings is 1. The topological polar surface area (TPSA) is 58.1 Å². The molecular formula is C14H15Cl2N3O2. The van der Waals surface area contributed by atoms with Crippen molar-refractivity contribution in [1.82, 2.24) is 14.5 Å². The Bertz CT molecular complexity index is 766. The molecule has 0 unspecified atom stereocenters. The van der Waals surface area contributed by atoms with Gasteiger partial charge in [-0.15, -0.1) is 0 Å². The summed E-state index contributed by atoms with van der Waals surface area (Å²) in [7, 11) is 3.73. The third-order valence-corrected chi connectivity index (χ3v) is 3.67. The molecule has 0 saturated heterocycles. The zero-order valence-corrected chi connectivity index (χ0v) is 13.2. The molecule has 5 nitrogen and oxygen atoms in total. The summed E-state index contributed by atoms with van der Waals surface area (Å²) in [5.41, 5.74) is -0.258. The number of rotatable bonds is 4. The van der Waals surface area contributed by atoms with Gasteiger partial charge < -0.3 is 4.90 Å². The van der Waals surface area contributed by atoms with Crippen LogP contribution < -0.4 is 11.2 Å². The summed E-state index contributed by atoms with van der Waals surface area (Å²) in [6.45, 7) is 0.836. The first-order valence-corrected chi connectivity index (χ1v) is 7.09. The quantitative estimate of drug-likeness (QED) is 0.874. The first-order chi connectivity index (χ1) is 9.91. The molecule has 0 spiro atoms. The predicted octanol–water partition coefficient (Wildman–Crippen LogP) is 2.07. The van der Waals surface area contributed by atoms with Crippen molar-refractivity contribution in [2.24, 2.45) is 0 Å². The summed E-state index contributed by atoms with van der Waals surface area (Å²) in [6, 6.07) is 6.88. The van der Waals surface area contributed by atoms with Crippen LogP contribution in [0.5, 0.6) is 0 Å². The van der Waals surface area contributed by atoms with Crippen molar-refractivity contribution in [3.05, 3.63) is 55.3 Å². The van der Waals surface area contributed by atoms with Crippen molar-refractivity contribution >= 4 is 23.2 Å². The monoisotopic (exact) mass is 327 g/mol. The molecule has 0 aliphatic rings. The highest BCUT2D eigenvalue weighted by molar-refractivity contribution is 6.35. The number of likely N-dealkylation sites (N-methyl/N-ethyl adjacent to an activating group) is 1. The molecule has 0 fully saturated rings. The van der Waals surface area contributed by atoms with Crippen molar-refractivity contribution in [2.75, 3.05) is 20.6 Å². The number of aromatic nitrogens is 2. The second kappa shape index (κ2) is 6.47. The van der Waals surface area contributed by atoms with E-state index in [1.54, 1.807) is 24.3 Å². The first kappa shape index (κ1) is 15.8. The summed E-state index contributed by atoms with van der Waals surface area (Å²) >= 11 is 12.2. The van der Waals surface area contributed by atoms with E-state index >= 15 is 0 Å². The number of nitrogens with zero attached hydrogens (tertiary/aromatic N) is 2. The van der Waals surface area contributed by atoms with Gasteiger partial charge in [0, 0.05) is 23.7 Å². The maximum absolute atomic E-state index is 12.6. The Balaban J connectivity index is 2.63. The van der Waals surface area contributed by atoms with E-state index in [1.165, 1.54) is 0 Å². The predicted molar refractivity (Wildman–Crippen MR) is 85.3 cm³/mol. The second-order valence-electron chi connectivity index (χ2n) is 4.86. The molecular weight excluding hydrogens is 313 g/mol. The van der Waals surface area contributed by atoms with Crippen molar-refractivity contribution < 1.29 is 0 Å². The smallest absolute Gasteiger partial charge is 0.308 e. The van der Waals surface area contributed by atoms with Gasteiger partial charge >= 0.3 is 5.69 Å². The average molecular weight is 328 g/mol. The van der Waals surface area contributed by atoms with E-state index in [0.29, 0.717) is 17.1 Å². The van der Waals surface area contributed by atoms with Crippen LogP contribution in [0.15, 0.2) is 33.9 Å². The van der Waals surface area contributed by atoms with Gasteiger partial charge in [-0.2, -0.15) is 0 Å². The molecule has 7 heteroatoms. The van der Waals surface area contributed by atoms with Crippen LogP contribution in [0.4, 0.5) is 0 Å². The molecule has 0 bridgehead atoms. The molecule has 1 aromatic carbocycles. The van der Waals surface area contributed by atoms with Crippen molar-refractivity contribution in [2.45, 2.75) is 6.54 Å². The molecule has 2 aromatic rings. The van der Waals surface area contributed by atoms with E-state index < -0.39 is 11.2 Å². The zero-order valence-electron chi connectivity index (χ0n) is 11.7. The highest BCUT2D eigenvalue weighted by Gasteiger charge is 2.16. The van der Waals surface area contributed by atoms with Crippen LogP contribution >= 0.6 is 23.2 Å². The lowest BCUT2D eigenvalue weighted by Gasteiger charge is -2.13. The van der Waals surface area contributed by atoms with E-state index in [0.717, 1.165) is 4.57 Å². The van der Waals surface area contributed by atoms with Gasteiger partial charge in [0.1, 0.15) is 5.15 Å². The Hall–Kier alpha value is -1.56. The van der Waals surface area contributed by atoms with E-state index in [-0.39, 0.29) is 17.3 Å². The Kier molecular flexibility index (Phi) is 4.88. The molecule has 1 aromatic heterocycles. The van der Waals surface area contributed by atoms with Crippen molar-refractivity contribution in [1.29, 1.82) is 0 Å². The minimum atomic E-state index is -0.525. The van der Waals surface area contributed by atoms with Gasteiger partial charge in [-0.3, -0.25) is 14.3 Å². The van der Waals surface area contributed by atoms with Gasteiger partial charge in [0.15, 0.2) is 0 Å². The summed E-state index contributed by atoms with van der Waals surface area (Å²) in [5.74, 6) is 0. The standard InChI is InChI=1S/C14H15Cl2N3O2/c1-18(2)7-8-19-13(20)11(12(16)17-14(19)21)9-5-3-4-6-10(9)15/h3-6H,7-8H2,1-2H3,(H,17,21). The molecule has 0 radical (unpaired) electrons. The molecule has 1 heterocycles. The maximum Gasteiger partial charge on any atom is 0.329 e. The normalized spacial score (nSPS) is 11.1. The molecule has 0 amide bonds. The van der Waals surface area contributed by atoms with Gasteiger partial charge in [0.25, 0.3) is 5.56 Å². The minimum absolute atomic E-state index is 0.000738. The average Bonchev–Trinajstić information content (AvgIpc) is 2.40. The van der Waals surface area contributed by atoms with Crippen molar-refractivity contribution in [3.63, 3.8) is 0 Å². The Morgan fingerprint density at radius 2 is 1.86 bits per heavy atom. The van der Waals surface area contributed by atoms with E-state index in [9.17, 15) is 9.59 Å². The first-order valence-electron chi connectivity index (χ1n) is 6.34. The van der Waals surface area contributed by atoms with Crippen LogP contribution in [0.1, 0.15) is 0 Å². The van der Waals surface area contributed by atoms with Crippen LogP contribution in [-0.2, 0) is 6.54 Å². The number of hydrogen-bond donors (Lipinski definition) is 1. The second-order valence-corrected chi connectivity index (χ2v) is 5.64. The van der Waals surface area contributed by atoms with Crippen LogP contribution in [0.2, 0.25) is 10.2 Å². The molecule has 2 rings (SSSR count). The largest absolute Gasteiger partial charge is 0.329 e. The lowest BCUT2D eigenvalue weighted by molar-refractivity contribution is 0.376.